The Labute approximate surface area is 201 Å². The highest BCUT2D eigenvalue weighted by molar-refractivity contribution is 5.96. The first kappa shape index (κ1) is 24.4. The van der Waals surface area contributed by atoms with Crippen molar-refractivity contribution in [2.45, 2.75) is 30.5 Å². The summed E-state index contributed by atoms with van der Waals surface area (Å²) in [5, 5.41) is 11.6. The summed E-state index contributed by atoms with van der Waals surface area (Å²) in [4.78, 5) is 29.7. The summed E-state index contributed by atoms with van der Waals surface area (Å²) in [6.45, 7) is 0.463. The van der Waals surface area contributed by atoms with Crippen LogP contribution in [0.5, 0.6) is 5.75 Å². The molecule has 1 saturated heterocycles. The summed E-state index contributed by atoms with van der Waals surface area (Å²) in [5.74, 6) is 0.125. The van der Waals surface area contributed by atoms with E-state index in [4.69, 9.17) is 10.00 Å². The van der Waals surface area contributed by atoms with Crippen molar-refractivity contribution in [1.29, 1.82) is 5.26 Å². The first-order valence-corrected chi connectivity index (χ1v) is 11.2. The topological polar surface area (TPSA) is 85.7 Å². The minimum Gasteiger partial charge on any atom is -0.497 e. The maximum absolute atomic E-state index is 13.7. The molecule has 1 atom stereocenters. The molecule has 1 aliphatic heterocycles. The van der Waals surface area contributed by atoms with E-state index in [9.17, 15) is 22.8 Å². The molecule has 1 N–H and O–H groups in total. The monoisotopic (exact) mass is 486 g/mol. The SMILES string of the molecule is CNC(=O)C1CN(c2ccc(C#N)c(C(F)(F)F)c2)CCN1C(=O)C1(c2ccc(OC)cc2)CC1. The number of hydrogen-bond donors (Lipinski definition) is 1. The lowest BCUT2D eigenvalue weighted by atomic mass is 9.92. The number of carbonyl (C=O) groups excluding carboxylic acids is 2. The number of amides is 2. The maximum Gasteiger partial charge on any atom is 0.417 e. The Hall–Kier alpha value is -3.74. The van der Waals surface area contributed by atoms with Crippen LogP contribution < -0.4 is 15.0 Å². The lowest BCUT2D eigenvalue weighted by Crippen LogP contribution is -2.62. The lowest BCUT2D eigenvalue weighted by molar-refractivity contribution is -0.142. The highest BCUT2D eigenvalue weighted by Crippen LogP contribution is 2.50. The number of rotatable bonds is 5. The molecule has 7 nitrogen and oxygen atoms in total. The van der Waals surface area contributed by atoms with Crippen molar-refractivity contribution in [2.24, 2.45) is 0 Å². The third-order valence-corrected chi connectivity index (χ3v) is 6.79. The standard InChI is InChI=1S/C25H25F3N4O3/c1-30-22(33)21-15-31(18-6-3-16(14-29)20(13-18)25(26,27)28)11-12-32(21)23(34)24(9-10-24)17-4-7-19(35-2)8-5-17/h3-8,13,21H,9-12,15H2,1-2H3,(H,30,33). The van der Waals surface area contributed by atoms with Crippen LogP contribution in [0.15, 0.2) is 42.5 Å². The molecule has 1 unspecified atom stereocenters. The number of hydrogen-bond acceptors (Lipinski definition) is 5. The van der Waals surface area contributed by atoms with E-state index in [1.54, 1.807) is 35.1 Å². The quantitative estimate of drug-likeness (QED) is 0.702. The van der Waals surface area contributed by atoms with Gasteiger partial charge in [-0.05, 0) is 48.7 Å². The van der Waals surface area contributed by atoms with Gasteiger partial charge in [0.05, 0.1) is 29.7 Å². The van der Waals surface area contributed by atoms with Gasteiger partial charge >= 0.3 is 6.18 Å². The molecule has 0 bridgehead atoms. The second-order valence-electron chi connectivity index (χ2n) is 8.72. The Morgan fingerprint density at radius 2 is 1.83 bits per heavy atom. The van der Waals surface area contributed by atoms with E-state index in [0.717, 1.165) is 17.7 Å². The lowest BCUT2D eigenvalue weighted by Gasteiger charge is -2.43. The summed E-state index contributed by atoms with van der Waals surface area (Å²) >= 11 is 0. The van der Waals surface area contributed by atoms with Crippen LogP contribution >= 0.6 is 0 Å². The largest absolute Gasteiger partial charge is 0.497 e. The molecule has 0 spiro atoms. The van der Waals surface area contributed by atoms with Gasteiger partial charge in [-0.25, -0.2) is 0 Å². The molecule has 0 radical (unpaired) electrons. The first-order chi connectivity index (χ1) is 16.6. The van der Waals surface area contributed by atoms with Gasteiger partial charge in [0.25, 0.3) is 0 Å². The van der Waals surface area contributed by atoms with E-state index in [-0.39, 0.29) is 31.2 Å². The molecule has 1 saturated carbocycles. The Kier molecular flexibility index (Phi) is 6.36. The minimum absolute atomic E-state index is 0.0350. The Morgan fingerprint density at radius 1 is 1.14 bits per heavy atom. The summed E-state index contributed by atoms with van der Waals surface area (Å²) < 4.78 is 45.6. The third-order valence-electron chi connectivity index (χ3n) is 6.79. The molecule has 35 heavy (non-hydrogen) atoms. The minimum atomic E-state index is -4.68. The number of halogens is 3. The number of nitrogens with one attached hydrogen (secondary N) is 1. The number of ether oxygens (including phenoxy) is 1. The fourth-order valence-electron chi connectivity index (χ4n) is 4.65. The van der Waals surface area contributed by atoms with Crippen LogP contribution in [0, 0.1) is 11.3 Å². The van der Waals surface area contributed by atoms with Gasteiger partial charge in [0, 0.05) is 32.4 Å². The smallest absolute Gasteiger partial charge is 0.417 e. The number of likely N-dealkylation sites (N-methyl/N-ethyl adjacent to an activating group) is 1. The Morgan fingerprint density at radius 3 is 2.37 bits per heavy atom. The number of piperazine rings is 1. The van der Waals surface area contributed by atoms with Gasteiger partial charge < -0.3 is 19.9 Å². The van der Waals surface area contributed by atoms with Crippen LogP contribution in [-0.4, -0.2) is 56.5 Å². The van der Waals surface area contributed by atoms with E-state index in [0.29, 0.717) is 18.6 Å². The van der Waals surface area contributed by atoms with Gasteiger partial charge in [-0.3, -0.25) is 9.59 Å². The molecule has 2 aromatic carbocycles. The molecule has 2 fully saturated rings. The second-order valence-corrected chi connectivity index (χ2v) is 8.72. The molecule has 1 aliphatic carbocycles. The van der Waals surface area contributed by atoms with E-state index < -0.39 is 34.7 Å². The van der Waals surface area contributed by atoms with Gasteiger partial charge in [-0.2, -0.15) is 18.4 Å². The van der Waals surface area contributed by atoms with Crippen molar-refractivity contribution in [3.63, 3.8) is 0 Å². The average molecular weight is 486 g/mol. The van der Waals surface area contributed by atoms with E-state index in [1.807, 2.05) is 12.1 Å². The summed E-state index contributed by atoms with van der Waals surface area (Å²) in [7, 11) is 3.02. The summed E-state index contributed by atoms with van der Waals surface area (Å²) in [6, 6.07) is 11.5. The van der Waals surface area contributed by atoms with Crippen LogP contribution in [0.4, 0.5) is 18.9 Å². The highest BCUT2D eigenvalue weighted by atomic mass is 19.4. The molecule has 1 heterocycles. The first-order valence-electron chi connectivity index (χ1n) is 11.2. The van der Waals surface area contributed by atoms with Crippen molar-refractivity contribution < 1.29 is 27.5 Å². The molecule has 2 aromatic rings. The van der Waals surface area contributed by atoms with Gasteiger partial charge in [0.2, 0.25) is 11.8 Å². The second kappa shape index (κ2) is 9.13. The van der Waals surface area contributed by atoms with Gasteiger partial charge in [0.1, 0.15) is 11.8 Å². The fourth-order valence-corrected chi connectivity index (χ4v) is 4.65. The third kappa shape index (κ3) is 4.50. The molecular formula is C25H25F3N4O3. The van der Waals surface area contributed by atoms with E-state index >= 15 is 0 Å². The van der Waals surface area contributed by atoms with Crippen LogP contribution in [-0.2, 0) is 21.2 Å². The number of methoxy groups -OCH3 is 1. The zero-order valence-electron chi connectivity index (χ0n) is 19.4. The van der Waals surface area contributed by atoms with Gasteiger partial charge in [0.15, 0.2) is 0 Å². The summed E-state index contributed by atoms with van der Waals surface area (Å²) in [6.07, 6.45) is -3.37. The number of nitrogens with zero attached hydrogens (tertiary/aromatic N) is 3. The predicted molar refractivity (Wildman–Crippen MR) is 122 cm³/mol. The van der Waals surface area contributed by atoms with Crippen LogP contribution in [0.3, 0.4) is 0 Å². The normalized spacial score (nSPS) is 19.0. The Bertz CT molecular complexity index is 1170. The predicted octanol–water partition coefficient (Wildman–Crippen LogP) is 3.08. The van der Waals surface area contributed by atoms with E-state index in [2.05, 4.69) is 5.32 Å². The van der Waals surface area contributed by atoms with Crippen molar-refractivity contribution in [3.05, 3.63) is 59.2 Å². The molecule has 0 aromatic heterocycles. The molecule has 184 valence electrons. The van der Waals surface area contributed by atoms with Crippen molar-refractivity contribution in [1.82, 2.24) is 10.2 Å². The van der Waals surface area contributed by atoms with Crippen molar-refractivity contribution in [3.8, 4) is 11.8 Å². The molecular weight excluding hydrogens is 461 g/mol. The number of nitriles is 1. The van der Waals surface area contributed by atoms with E-state index in [1.165, 1.54) is 13.1 Å². The fraction of sp³-hybridized carbons (Fsp3) is 0.400. The number of benzene rings is 2. The number of carbonyl (C=O) groups is 2. The number of alkyl halides is 3. The summed E-state index contributed by atoms with van der Waals surface area (Å²) in [5.41, 5.74) is -1.10. The molecule has 2 aliphatic rings. The number of anilines is 1. The molecule has 4 rings (SSSR count). The van der Waals surface area contributed by atoms with Crippen LogP contribution in [0.1, 0.15) is 29.5 Å². The van der Waals surface area contributed by atoms with Crippen molar-refractivity contribution >= 4 is 17.5 Å². The molecule has 10 heteroatoms. The van der Waals surface area contributed by atoms with Crippen LogP contribution in [0.2, 0.25) is 0 Å². The zero-order chi connectivity index (χ0) is 25.4. The van der Waals surface area contributed by atoms with Gasteiger partial charge in [-0.1, -0.05) is 12.1 Å². The zero-order valence-corrected chi connectivity index (χ0v) is 19.4. The highest BCUT2D eigenvalue weighted by Gasteiger charge is 2.55. The Balaban J connectivity index is 1.60. The molecule has 2 amide bonds. The maximum atomic E-state index is 13.7. The van der Waals surface area contributed by atoms with Crippen LogP contribution in [0.25, 0.3) is 0 Å². The van der Waals surface area contributed by atoms with Crippen molar-refractivity contribution in [2.75, 3.05) is 38.7 Å². The average Bonchev–Trinajstić information content (AvgIpc) is 3.68. The van der Waals surface area contributed by atoms with Gasteiger partial charge in [-0.15, -0.1) is 0 Å².